The first-order valence-electron chi connectivity index (χ1n) is 8.04. The highest BCUT2D eigenvalue weighted by atomic mass is 19.1. The Morgan fingerprint density at radius 1 is 1.12 bits per heavy atom. The van der Waals surface area contributed by atoms with Crippen LogP contribution in [0.5, 0.6) is 0 Å². The van der Waals surface area contributed by atoms with E-state index in [-0.39, 0.29) is 11.8 Å². The molecule has 0 aliphatic heterocycles. The van der Waals surface area contributed by atoms with Crippen LogP contribution in [-0.4, -0.2) is 17.6 Å². The molecule has 0 spiro atoms. The van der Waals surface area contributed by atoms with Crippen molar-refractivity contribution in [2.75, 3.05) is 6.61 Å². The van der Waals surface area contributed by atoms with Crippen molar-refractivity contribution in [1.82, 2.24) is 4.98 Å². The lowest BCUT2D eigenvalue weighted by Gasteiger charge is -2.06. The molecule has 3 rings (SSSR count). The summed E-state index contributed by atoms with van der Waals surface area (Å²) in [6, 6.07) is 10.3. The molecule has 124 valence electrons. The van der Waals surface area contributed by atoms with Crippen molar-refractivity contribution in [1.29, 1.82) is 0 Å². The monoisotopic (exact) mass is 325 g/mol. The quantitative estimate of drug-likeness (QED) is 0.545. The minimum atomic E-state index is -0.303. The molecule has 1 N–H and O–H groups in total. The van der Waals surface area contributed by atoms with E-state index in [2.05, 4.69) is 4.98 Å². The highest BCUT2D eigenvalue weighted by Gasteiger charge is 2.09. The van der Waals surface area contributed by atoms with E-state index in [1.54, 1.807) is 12.1 Å². The lowest BCUT2D eigenvalue weighted by atomic mass is 10.1. The maximum Gasteiger partial charge on any atom is 0.338 e. The van der Waals surface area contributed by atoms with Crippen molar-refractivity contribution in [3.05, 3.63) is 70.7 Å². The van der Waals surface area contributed by atoms with Gasteiger partial charge >= 0.3 is 5.97 Å². The fourth-order valence-electron chi connectivity index (χ4n) is 2.74. The van der Waals surface area contributed by atoms with Gasteiger partial charge in [-0.15, -0.1) is 0 Å². The molecule has 0 fully saturated rings. The smallest absolute Gasteiger partial charge is 0.338 e. The van der Waals surface area contributed by atoms with Gasteiger partial charge in [-0.1, -0.05) is 6.07 Å². The number of fused-ring (bicyclic) bond motifs is 1. The van der Waals surface area contributed by atoms with Crippen LogP contribution < -0.4 is 0 Å². The molecule has 0 saturated heterocycles. The van der Waals surface area contributed by atoms with Crippen LogP contribution >= 0.6 is 0 Å². The number of aromatic nitrogens is 1. The molecular formula is C20H20FNO2. The Balaban J connectivity index is 1.55. The Labute approximate surface area is 140 Å². The molecule has 3 nitrogen and oxygen atoms in total. The van der Waals surface area contributed by atoms with E-state index in [4.69, 9.17) is 4.74 Å². The molecule has 0 unspecified atom stereocenters. The summed E-state index contributed by atoms with van der Waals surface area (Å²) in [5, 5.41) is 0.885. The second-order valence-electron chi connectivity index (χ2n) is 6.04. The van der Waals surface area contributed by atoms with Crippen LogP contribution in [0.25, 0.3) is 10.9 Å². The Hall–Kier alpha value is -2.62. The van der Waals surface area contributed by atoms with Gasteiger partial charge in [0.1, 0.15) is 5.82 Å². The van der Waals surface area contributed by atoms with Crippen LogP contribution in [0.2, 0.25) is 0 Å². The number of nitrogens with one attached hydrogen (secondary N) is 1. The van der Waals surface area contributed by atoms with Gasteiger partial charge in [0.25, 0.3) is 0 Å². The second kappa shape index (κ2) is 6.87. The van der Waals surface area contributed by atoms with E-state index in [1.807, 2.05) is 32.2 Å². The predicted octanol–water partition coefficient (Wildman–Crippen LogP) is 4.71. The third-order valence-electron chi connectivity index (χ3n) is 4.30. The van der Waals surface area contributed by atoms with Gasteiger partial charge in [-0.2, -0.15) is 0 Å². The van der Waals surface area contributed by atoms with E-state index in [0.717, 1.165) is 34.0 Å². The fraction of sp³-hybridized carbons (Fsp3) is 0.250. The topological polar surface area (TPSA) is 42.1 Å². The van der Waals surface area contributed by atoms with Gasteiger partial charge in [-0.3, -0.25) is 0 Å². The highest BCUT2D eigenvalue weighted by molar-refractivity contribution is 5.89. The summed E-state index contributed by atoms with van der Waals surface area (Å²) in [5.74, 6) is -0.549. The van der Waals surface area contributed by atoms with Gasteiger partial charge < -0.3 is 9.72 Å². The van der Waals surface area contributed by atoms with Gasteiger partial charge in [-0.25, -0.2) is 9.18 Å². The zero-order chi connectivity index (χ0) is 17.1. The molecule has 0 aliphatic rings. The maximum absolute atomic E-state index is 13.4. The highest BCUT2D eigenvalue weighted by Crippen LogP contribution is 2.20. The molecule has 1 heterocycles. The zero-order valence-electron chi connectivity index (χ0n) is 13.9. The third kappa shape index (κ3) is 3.48. The molecule has 0 amide bonds. The first kappa shape index (κ1) is 16.2. The standard InChI is InChI=1S/C20H20FNO2/c1-13-5-6-15(10-14(13)2)20(23)24-9-3-4-16-12-22-19-8-7-17(21)11-18(16)19/h5-8,10-12,22H,3-4,9H2,1-2H3. The van der Waals surface area contributed by atoms with Crippen LogP contribution in [0.1, 0.15) is 33.5 Å². The third-order valence-corrected chi connectivity index (χ3v) is 4.30. The summed E-state index contributed by atoms with van der Waals surface area (Å²) in [6.07, 6.45) is 3.30. The SMILES string of the molecule is Cc1ccc(C(=O)OCCCc2c[nH]c3ccc(F)cc23)cc1C. The van der Waals surface area contributed by atoms with Crippen molar-refractivity contribution in [2.45, 2.75) is 26.7 Å². The molecule has 0 aliphatic carbocycles. The Morgan fingerprint density at radius 2 is 1.96 bits per heavy atom. The summed E-state index contributed by atoms with van der Waals surface area (Å²) in [4.78, 5) is 15.2. The van der Waals surface area contributed by atoms with Gasteiger partial charge in [-0.05, 0) is 73.7 Å². The lowest BCUT2D eigenvalue weighted by molar-refractivity contribution is 0.0500. The van der Waals surface area contributed by atoms with Crippen LogP contribution in [0.3, 0.4) is 0 Å². The minimum absolute atomic E-state index is 0.246. The number of hydrogen-bond acceptors (Lipinski definition) is 2. The second-order valence-corrected chi connectivity index (χ2v) is 6.04. The molecule has 2 aromatic carbocycles. The number of aromatic amines is 1. The summed E-state index contributed by atoms with van der Waals surface area (Å²) < 4.78 is 18.7. The van der Waals surface area contributed by atoms with Gasteiger partial charge in [0, 0.05) is 17.1 Å². The Kier molecular flexibility index (Phi) is 4.65. The molecule has 0 bridgehead atoms. The van der Waals surface area contributed by atoms with E-state index in [9.17, 15) is 9.18 Å². The van der Waals surface area contributed by atoms with Gasteiger partial charge in [0.2, 0.25) is 0 Å². The van der Waals surface area contributed by atoms with E-state index in [1.165, 1.54) is 12.1 Å². The maximum atomic E-state index is 13.4. The lowest BCUT2D eigenvalue weighted by Crippen LogP contribution is -2.07. The molecule has 1 aromatic heterocycles. The predicted molar refractivity (Wildman–Crippen MR) is 92.8 cm³/mol. The van der Waals surface area contributed by atoms with E-state index >= 15 is 0 Å². The first-order chi connectivity index (χ1) is 11.5. The molecule has 0 atom stereocenters. The first-order valence-corrected chi connectivity index (χ1v) is 8.04. The van der Waals surface area contributed by atoms with Gasteiger partial charge in [0.05, 0.1) is 12.2 Å². The number of esters is 1. The van der Waals surface area contributed by atoms with Crippen molar-refractivity contribution < 1.29 is 13.9 Å². The van der Waals surface area contributed by atoms with Crippen LogP contribution in [0.4, 0.5) is 4.39 Å². The van der Waals surface area contributed by atoms with Gasteiger partial charge in [0.15, 0.2) is 0 Å². The zero-order valence-corrected chi connectivity index (χ0v) is 13.9. The van der Waals surface area contributed by atoms with Crippen LogP contribution in [-0.2, 0) is 11.2 Å². The van der Waals surface area contributed by atoms with Crippen molar-refractivity contribution in [2.24, 2.45) is 0 Å². The number of rotatable bonds is 5. The number of benzene rings is 2. The average molecular weight is 325 g/mol. The summed E-state index contributed by atoms with van der Waals surface area (Å²) >= 11 is 0. The largest absolute Gasteiger partial charge is 0.462 e. The summed E-state index contributed by atoms with van der Waals surface area (Å²) in [7, 11) is 0. The number of ether oxygens (including phenoxy) is 1. The number of carbonyl (C=O) groups is 1. The fourth-order valence-corrected chi connectivity index (χ4v) is 2.74. The van der Waals surface area contributed by atoms with Crippen LogP contribution in [0, 0.1) is 19.7 Å². The number of carbonyl (C=O) groups excluding carboxylic acids is 1. The van der Waals surface area contributed by atoms with Crippen molar-refractivity contribution >= 4 is 16.9 Å². The number of hydrogen-bond donors (Lipinski definition) is 1. The number of H-pyrrole nitrogens is 1. The molecule has 4 heteroatoms. The van der Waals surface area contributed by atoms with Crippen molar-refractivity contribution in [3.63, 3.8) is 0 Å². The number of aryl methyl sites for hydroxylation is 3. The number of halogens is 1. The minimum Gasteiger partial charge on any atom is -0.462 e. The summed E-state index contributed by atoms with van der Waals surface area (Å²) in [5.41, 5.74) is 4.75. The normalized spacial score (nSPS) is 11.0. The Morgan fingerprint density at radius 3 is 2.75 bits per heavy atom. The summed E-state index contributed by atoms with van der Waals surface area (Å²) in [6.45, 7) is 4.32. The Bertz CT molecular complexity index is 882. The molecule has 0 saturated carbocycles. The van der Waals surface area contributed by atoms with E-state index in [0.29, 0.717) is 18.6 Å². The average Bonchev–Trinajstić information content (AvgIpc) is 2.96. The van der Waals surface area contributed by atoms with Crippen LogP contribution in [0.15, 0.2) is 42.6 Å². The molecule has 3 aromatic rings. The molecule has 24 heavy (non-hydrogen) atoms. The molecule has 0 radical (unpaired) electrons. The van der Waals surface area contributed by atoms with Crippen molar-refractivity contribution in [3.8, 4) is 0 Å². The molecular weight excluding hydrogens is 305 g/mol. The van der Waals surface area contributed by atoms with E-state index < -0.39 is 0 Å².